The summed E-state index contributed by atoms with van der Waals surface area (Å²) in [5.74, 6) is -0.347. The molecule has 0 atom stereocenters. The molecule has 2 aromatic rings. The Labute approximate surface area is 114 Å². The van der Waals surface area contributed by atoms with Crippen LogP contribution in [0.5, 0.6) is 0 Å². The topological polar surface area (TPSA) is 63.5 Å². The van der Waals surface area contributed by atoms with Gasteiger partial charge in [0.2, 0.25) is 0 Å². The fourth-order valence-electron chi connectivity index (χ4n) is 1.73. The second-order valence-electron chi connectivity index (χ2n) is 4.01. The number of nitro benzene ring substituents is 1. The van der Waals surface area contributed by atoms with Crippen molar-refractivity contribution >= 4 is 22.9 Å². The molecule has 5 nitrogen and oxygen atoms in total. The number of para-hydroxylation sites is 1. The van der Waals surface area contributed by atoms with Crippen LogP contribution in [0.25, 0.3) is 0 Å². The molecule has 1 heterocycles. The van der Waals surface area contributed by atoms with Crippen molar-refractivity contribution in [3.63, 3.8) is 0 Å². The van der Waals surface area contributed by atoms with Gasteiger partial charge in [0.15, 0.2) is 0 Å². The Kier molecular flexibility index (Phi) is 3.91. The minimum Gasteiger partial charge on any atom is -0.336 e. The number of hydrogen-bond acceptors (Lipinski definition) is 4. The van der Waals surface area contributed by atoms with Crippen molar-refractivity contribution in [2.75, 3.05) is 7.05 Å². The smallest absolute Gasteiger partial charge is 0.282 e. The number of nitro groups is 1. The van der Waals surface area contributed by atoms with Crippen molar-refractivity contribution in [2.24, 2.45) is 0 Å². The Morgan fingerprint density at radius 2 is 2.05 bits per heavy atom. The van der Waals surface area contributed by atoms with Crippen LogP contribution in [-0.4, -0.2) is 22.8 Å². The number of benzene rings is 1. The van der Waals surface area contributed by atoms with Gasteiger partial charge in [-0.05, 0) is 17.5 Å². The zero-order valence-corrected chi connectivity index (χ0v) is 11.1. The van der Waals surface area contributed by atoms with Crippen molar-refractivity contribution < 1.29 is 9.72 Å². The van der Waals surface area contributed by atoms with Gasteiger partial charge in [-0.25, -0.2) is 0 Å². The van der Waals surface area contributed by atoms with Gasteiger partial charge in [-0.1, -0.05) is 18.2 Å². The monoisotopic (exact) mass is 276 g/mol. The molecule has 1 aromatic carbocycles. The molecule has 0 saturated heterocycles. The number of carbonyl (C=O) groups is 1. The first-order valence-electron chi connectivity index (χ1n) is 5.61. The summed E-state index contributed by atoms with van der Waals surface area (Å²) in [5.41, 5.74) is -0.0444. The number of carbonyl (C=O) groups excluding carboxylic acids is 1. The zero-order valence-electron chi connectivity index (χ0n) is 10.3. The molecule has 0 saturated carbocycles. The van der Waals surface area contributed by atoms with Crippen molar-refractivity contribution in [1.29, 1.82) is 0 Å². The second kappa shape index (κ2) is 5.62. The molecule has 19 heavy (non-hydrogen) atoms. The summed E-state index contributed by atoms with van der Waals surface area (Å²) in [6.07, 6.45) is 0. The highest BCUT2D eigenvalue weighted by Gasteiger charge is 2.22. The number of nitrogens with zero attached hydrogens (tertiary/aromatic N) is 2. The lowest BCUT2D eigenvalue weighted by molar-refractivity contribution is -0.385. The van der Waals surface area contributed by atoms with E-state index in [2.05, 4.69) is 0 Å². The molecular weight excluding hydrogens is 264 g/mol. The van der Waals surface area contributed by atoms with Crippen LogP contribution < -0.4 is 0 Å². The van der Waals surface area contributed by atoms with Crippen molar-refractivity contribution in [3.8, 4) is 0 Å². The van der Waals surface area contributed by atoms with E-state index < -0.39 is 4.92 Å². The molecule has 0 spiro atoms. The first kappa shape index (κ1) is 13.2. The third kappa shape index (κ3) is 2.97. The molecule has 0 aliphatic rings. The second-order valence-corrected chi connectivity index (χ2v) is 5.05. The fourth-order valence-corrected chi connectivity index (χ4v) is 2.48. The quantitative estimate of drug-likeness (QED) is 0.637. The van der Waals surface area contributed by atoms with E-state index in [9.17, 15) is 14.9 Å². The molecule has 2 rings (SSSR count). The van der Waals surface area contributed by atoms with Crippen LogP contribution in [-0.2, 0) is 6.54 Å². The highest BCUT2D eigenvalue weighted by Crippen LogP contribution is 2.20. The third-order valence-corrected chi connectivity index (χ3v) is 3.51. The van der Waals surface area contributed by atoms with E-state index in [0.717, 1.165) is 4.88 Å². The minimum atomic E-state index is -0.536. The Morgan fingerprint density at radius 3 is 2.68 bits per heavy atom. The van der Waals surface area contributed by atoms with Crippen molar-refractivity contribution in [3.05, 3.63) is 62.3 Å². The standard InChI is InChI=1S/C13H12N2O3S/c1-14(9-10-5-4-8-19-10)13(16)11-6-2-3-7-12(11)15(17)18/h2-8H,9H2,1H3. The summed E-state index contributed by atoms with van der Waals surface area (Å²) < 4.78 is 0. The molecule has 1 aromatic heterocycles. The van der Waals surface area contributed by atoms with E-state index in [1.807, 2.05) is 17.5 Å². The number of amides is 1. The Bertz CT molecular complexity index is 596. The highest BCUT2D eigenvalue weighted by atomic mass is 32.1. The summed E-state index contributed by atoms with van der Waals surface area (Å²) in [5, 5.41) is 12.8. The van der Waals surface area contributed by atoms with Gasteiger partial charge in [0.25, 0.3) is 11.6 Å². The van der Waals surface area contributed by atoms with Gasteiger partial charge in [0, 0.05) is 18.0 Å². The number of thiophene rings is 1. The molecule has 0 aliphatic carbocycles. The largest absolute Gasteiger partial charge is 0.336 e. The summed E-state index contributed by atoms with van der Waals surface area (Å²) in [4.78, 5) is 25.1. The van der Waals surface area contributed by atoms with Crippen LogP contribution in [0.4, 0.5) is 5.69 Å². The first-order valence-corrected chi connectivity index (χ1v) is 6.49. The van der Waals surface area contributed by atoms with Crippen LogP contribution in [0, 0.1) is 10.1 Å². The van der Waals surface area contributed by atoms with E-state index in [-0.39, 0.29) is 17.2 Å². The predicted molar refractivity (Wildman–Crippen MR) is 73.2 cm³/mol. The van der Waals surface area contributed by atoms with Crippen LogP contribution >= 0.6 is 11.3 Å². The lowest BCUT2D eigenvalue weighted by atomic mass is 10.1. The Hall–Kier alpha value is -2.21. The molecule has 0 bridgehead atoms. The van der Waals surface area contributed by atoms with Gasteiger partial charge in [-0.2, -0.15) is 0 Å². The van der Waals surface area contributed by atoms with Crippen molar-refractivity contribution in [1.82, 2.24) is 4.90 Å². The normalized spacial score (nSPS) is 10.2. The van der Waals surface area contributed by atoms with Crippen molar-refractivity contribution in [2.45, 2.75) is 6.54 Å². The average Bonchev–Trinajstić information content (AvgIpc) is 2.90. The fraction of sp³-hybridized carbons (Fsp3) is 0.154. The Balaban J connectivity index is 2.22. The van der Waals surface area contributed by atoms with Crippen LogP contribution in [0.1, 0.15) is 15.2 Å². The highest BCUT2D eigenvalue weighted by molar-refractivity contribution is 7.09. The molecule has 0 fully saturated rings. The number of hydrogen-bond donors (Lipinski definition) is 0. The summed E-state index contributed by atoms with van der Waals surface area (Å²) in [7, 11) is 1.64. The van der Waals surface area contributed by atoms with E-state index >= 15 is 0 Å². The zero-order chi connectivity index (χ0) is 13.8. The van der Waals surface area contributed by atoms with E-state index in [1.54, 1.807) is 30.5 Å². The van der Waals surface area contributed by atoms with E-state index in [1.165, 1.54) is 17.0 Å². The average molecular weight is 276 g/mol. The molecule has 98 valence electrons. The van der Waals surface area contributed by atoms with Crippen LogP contribution in [0.3, 0.4) is 0 Å². The maximum Gasteiger partial charge on any atom is 0.282 e. The number of rotatable bonds is 4. The lowest BCUT2D eigenvalue weighted by Crippen LogP contribution is -2.26. The van der Waals surface area contributed by atoms with Crippen LogP contribution in [0.15, 0.2) is 41.8 Å². The van der Waals surface area contributed by atoms with Gasteiger partial charge in [0.05, 0.1) is 11.5 Å². The maximum atomic E-state index is 12.2. The lowest BCUT2D eigenvalue weighted by Gasteiger charge is -2.16. The molecule has 6 heteroatoms. The van der Waals surface area contributed by atoms with Gasteiger partial charge >= 0.3 is 0 Å². The molecular formula is C13H12N2O3S. The van der Waals surface area contributed by atoms with Gasteiger partial charge in [-0.15, -0.1) is 11.3 Å². The summed E-state index contributed by atoms with van der Waals surface area (Å²) in [6, 6.07) is 9.82. The van der Waals surface area contributed by atoms with Gasteiger partial charge < -0.3 is 4.90 Å². The molecule has 1 amide bonds. The Morgan fingerprint density at radius 1 is 1.32 bits per heavy atom. The maximum absolute atomic E-state index is 12.2. The summed E-state index contributed by atoms with van der Waals surface area (Å²) in [6.45, 7) is 0.447. The molecule has 0 aliphatic heterocycles. The third-order valence-electron chi connectivity index (χ3n) is 2.65. The van der Waals surface area contributed by atoms with E-state index in [4.69, 9.17) is 0 Å². The SMILES string of the molecule is CN(Cc1cccs1)C(=O)c1ccccc1[N+](=O)[O-]. The predicted octanol–water partition coefficient (Wildman–Crippen LogP) is 2.93. The van der Waals surface area contributed by atoms with Gasteiger partial charge in [0.1, 0.15) is 5.56 Å². The molecule has 0 radical (unpaired) electrons. The first-order chi connectivity index (χ1) is 9.09. The molecule has 0 N–H and O–H groups in total. The van der Waals surface area contributed by atoms with E-state index in [0.29, 0.717) is 6.54 Å². The minimum absolute atomic E-state index is 0.117. The van der Waals surface area contributed by atoms with Crippen LogP contribution in [0.2, 0.25) is 0 Å². The van der Waals surface area contributed by atoms with Gasteiger partial charge in [-0.3, -0.25) is 14.9 Å². The summed E-state index contributed by atoms with van der Waals surface area (Å²) >= 11 is 1.55. The molecule has 0 unspecified atom stereocenters.